The van der Waals surface area contributed by atoms with Crippen LogP contribution in [0.25, 0.3) is 0 Å². The molecule has 230 valence electrons. The fourth-order valence-electron chi connectivity index (χ4n) is 5.12. The maximum absolute atomic E-state index is 13.0. The number of sulfonamides is 1. The highest BCUT2D eigenvalue weighted by Gasteiger charge is 2.31. The van der Waals surface area contributed by atoms with E-state index in [9.17, 15) is 18.0 Å². The summed E-state index contributed by atoms with van der Waals surface area (Å²) in [7, 11) is 0.0180. The Hall–Kier alpha value is -3.90. The summed E-state index contributed by atoms with van der Waals surface area (Å²) in [6.07, 6.45) is 2.24. The summed E-state index contributed by atoms with van der Waals surface area (Å²) < 4.78 is 39.6. The third kappa shape index (κ3) is 6.86. The second-order valence-electron chi connectivity index (χ2n) is 11.3. The van der Waals surface area contributed by atoms with Crippen molar-refractivity contribution in [2.24, 2.45) is 7.05 Å². The number of methoxy groups -OCH3 is 1. The van der Waals surface area contributed by atoms with Crippen molar-refractivity contribution >= 4 is 21.8 Å². The lowest BCUT2D eigenvalue weighted by Gasteiger charge is -2.35. The summed E-state index contributed by atoms with van der Waals surface area (Å²) in [5.74, 6) is 1.22. The van der Waals surface area contributed by atoms with Crippen molar-refractivity contribution in [3.05, 3.63) is 76.6 Å². The molecule has 12 heteroatoms. The predicted molar refractivity (Wildman–Crippen MR) is 162 cm³/mol. The number of rotatable bonds is 11. The van der Waals surface area contributed by atoms with Gasteiger partial charge < -0.3 is 19.7 Å². The minimum absolute atomic E-state index is 0.125. The molecule has 1 saturated heterocycles. The molecular formula is C31H39N5O6S. The predicted octanol–water partition coefficient (Wildman–Crippen LogP) is 3.31. The first-order chi connectivity index (χ1) is 20.6. The number of benzene rings is 2. The van der Waals surface area contributed by atoms with Crippen LogP contribution in [0.3, 0.4) is 0 Å². The van der Waals surface area contributed by atoms with E-state index in [-0.39, 0.29) is 25.0 Å². The molecule has 0 unspecified atom stereocenters. The van der Waals surface area contributed by atoms with Crippen LogP contribution in [-0.4, -0.2) is 77.8 Å². The molecule has 5 rings (SSSR count). The van der Waals surface area contributed by atoms with Gasteiger partial charge in [-0.25, -0.2) is 8.42 Å². The lowest BCUT2D eigenvalue weighted by molar-refractivity contribution is 0.0697. The Labute approximate surface area is 252 Å². The van der Waals surface area contributed by atoms with Gasteiger partial charge in [0.25, 0.3) is 11.8 Å². The normalized spacial score (nSPS) is 15.9. The molecule has 0 atom stereocenters. The van der Waals surface area contributed by atoms with E-state index in [1.165, 1.54) is 4.31 Å². The van der Waals surface area contributed by atoms with Crippen molar-refractivity contribution in [2.75, 3.05) is 33.3 Å². The van der Waals surface area contributed by atoms with E-state index in [1.54, 1.807) is 49.7 Å². The molecule has 0 radical (unpaired) electrons. The summed E-state index contributed by atoms with van der Waals surface area (Å²) in [4.78, 5) is 27.6. The summed E-state index contributed by atoms with van der Waals surface area (Å²) in [6, 6.07) is 14.6. The van der Waals surface area contributed by atoms with Crippen LogP contribution in [0.5, 0.6) is 11.5 Å². The zero-order valence-electron chi connectivity index (χ0n) is 25.1. The molecule has 1 aliphatic heterocycles. The van der Waals surface area contributed by atoms with Crippen LogP contribution in [0, 0.1) is 0 Å². The maximum atomic E-state index is 13.0. The molecule has 2 aliphatic rings. The van der Waals surface area contributed by atoms with Gasteiger partial charge in [0.1, 0.15) is 12.3 Å². The number of nitrogens with zero attached hydrogens (tertiary/aromatic N) is 4. The van der Waals surface area contributed by atoms with Gasteiger partial charge in [-0.05, 0) is 56.5 Å². The molecule has 0 spiro atoms. The molecular weight excluding hydrogens is 570 g/mol. The Morgan fingerprint density at radius 1 is 1.05 bits per heavy atom. The minimum atomic E-state index is -3.33. The first-order valence-electron chi connectivity index (χ1n) is 14.6. The molecule has 0 bridgehead atoms. The van der Waals surface area contributed by atoms with E-state index in [0.717, 1.165) is 29.7 Å². The van der Waals surface area contributed by atoms with Gasteiger partial charge in [-0.1, -0.05) is 24.3 Å². The van der Waals surface area contributed by atoms with Gasteiger partial charge in [0.15, 0.2) is 11.5 Å². The number of hydrogen-bond donors (Lipinski definition) is 1. The zero-order chi connectivity index (χ0) is 30.7. The maximum Gasteiger partial charge on any atom is 0.269 e. The van der Waals surface area contributed by atoms with Gasteiger partial charge in [0.2, 0.25) is 10.0 Å². The molecule has 1 aliphatic carbocycles. The van der Waals surface area contributed by atoms with E-state index in [0.29, 0.717) is 54.9 Å². The Kier molecular flexibility index (Phi) is 9.07. The fourth-order valence-corrected chi connectivity index (χ4v) is 6.39. The van der Waals surface area contributed by atoms with Gasteiger partial charge in [-0.3, -0.25) is 14.3 Å². The van der Waals surface area contributed by atoms with Crippen LogP contribution in [0.15, 0.2) is 48.5 Å². The van der Waals surface area contributed by atoms with Gasteiger partial charge >= 0.3 is 0 Å². The first kappa shape index (κ1) is 30.6. The van der Waals surface area contributed by atoms with Crippen LogP contribution in [0.1, 0.15) is 70.3 Å². The van der Waals surface area contributed by atoms with Crippen molar-refractivity contribution in [1.82, 2.24) is 24.3 Å². The van der Waals surface area contributed by atoms with E-state index in [2.05, 4.69) is 10.4 Å². The van der Waals surface area contributed by atoms with E-state index >= 15 is 0 Å². The highest BCUT2D eigenvalue weighted by molar-refractivity contribution is 7.89. The second kappa shape index (κ2) is 12.8. The first-order valence-corrected chi connectivity index (χ1v) is 16.1. The number of carbonyl (C=O) groups excluding carboxylic acids is 2. The number of hydrogen-bond acceptors (Lipinski definition) is 7. The van der Waals surface area contributed by atoms with Gasteiger partial charge in [0.05, 0.1) is 18.1 Å². The molecule has 1 aromatic heterocycles. The lowest BCUT2D eigenvalue weighted by Crippen LogP contribution is -2.51. The molecule has 43 heavy (non-hydrogen) atoms. The molecule has 1 saturated carbocycles. The van der Waals surface area contributed by atoms with Crippen LogP contribution >= 0.6 is 0 Å². The highest BCUT2D eigenvalue weighted by atomic mass is 32.2. The smallest absolute Gasteiger partial charge is 0.269 e. The zero-order valence-corrected chi connectivity index (χ0v) is 25.9. The van der Waals surface area contributed by atoms with Crippen molar-refractivity contribution in [1.29, 1.82) is 0 Å². The largest absolute Gasteiger partial charge is 0.493 e. The average molecular weight is 610 g/mol. The van der Waals surface area contributed by atoms with Crippen molar-refractivity contribution < 1.29 is 27.5 Å². The average Bonchev–Trinajstić information content (AvgIpc) is 3.79. The second-order valence-corrected chi connectivity index (χ2v) is 13.7. The molecule has 2 aromatic carbocycles. The number of para-hydroxylation sites is 1. The number of aromatic nitrogens is 2. The number of aryl methyl sites for hydroxylation is 1. The van der Waals surface area contributed by atoms with Crippen LogP contribution < -0.4 is 14.8 Å². The van der Waals surface area contributed by atoms with E-state index in [4.69, 9.17) is 9.47 Å². The van der Waals surface area contributed by atoms with E-state index < -0.39 is 15.3 Å². The SMILES string of the molecule is COc1c(CNC(=O)c2cc(C3CC3)nn2C)cccc1OCc1ccc(C(=O)N2CCN(S(=O)(=O)C(C)C)CC2)cc1. The summed E-state index contributed by atoms with van der Waals surface area (Å²) in [5.41, 5.74) is 3.68. The molecule has 2 heterocycles. The Morgan fingerprint density at radius 2 is 1.74 bits per heavy atom. The Bertz CT molecular complexity index is 1570. The molecule has 3 aromatic rings. The number of ether oxygens (including phenoxy) is 2. The van der Waals surface area contributed by atoms with E-state index in [1.807, 2.05) is 36.4 Å². The third-order valence-electron chi connectivity index (χ3n) is 7.91. The van der Waals surface area contributed by atoms with Crippen LogP contribution in [0.2, 0.25) is 0 Å². The summed E-state index contributed by atoms with van der Waals surface area (Å²) in [5, 5.41) is 6.95. The van der Waals surface area contributed by atoms with Gasteiger partial charge in [0, 0.05) is 56.8 Å². The standard InChI is InChI=1S/C31H39N5O6S/c1-21(2)43(39,40)36-16-14-35(15-17-36)31(38)24-10-8-22(9-11-24)20-42-28-7-5-6-25(29(28)41-4)19-32-30(37)27-18-26(23-12-13-23)33-34(27)3/h5-11,18,21,23H,12-17,19-20H2,1-4H3,(H,32,37). The quantitative estimate of drug-likeness (QED) is 0.354. The minimum Gasteiger partial charge on any atom is -0.493 e. The number of piperazine rings is 1. The fraction of sp³-hybridized carbons (Fsp3) is 0.452. The topological polar surface area (TPSA) is 123 Å². The van der Waals surface area contributed by atoms with Crippen LogP contribution in [-0.2, 0) is 30.2 Å². The molecule has 11 nitrogen and oxygen atoms in total. The van der Waals surface area contributed by atoms with Crippen molar-refractivity contribution in [3.63, 3.8) is 0 Å². The van der Waals surface area contributed by atoms with Crippen molar-refractivity contribution in [2.45, 2.75) is 51.0 Å². The third-order valence-corrected chi connectivity index (χ3v) is 10.2. The van der Waals surface area contributed by atoms with Crippen LogP contribution in [0.4, 0.5) is 0 Å². The summed E-state index contributed by atoms with van der Waals surface area (Å²) >= 11 is 0. The monoisotopic (exact) mass is 609 g/mol. The van der Waals surface area contributed by atoms with Gasteiger partial charge in [-0.2, -0.15) is 9.40 Å². The van der Waals surface area contributed by atoms with Crippen molar-refractivity contribution in [3.8, 4) is 11.5 Å². The molecule has 2 fully saturated rings. The summed E-state index contributed by atoms with van der Waals surface area (Å²) in [6.45, 7) is 5.16. The van der Waals surface area contributed by atoms with Gasteiger partial charge in [-0.15, -0.1) is 0 Å². The molecule has 1 N–H and O–H groups in total. The number of amides is 2. The number of carbonyl (C=O) groups is 2. The number of nitrogens with one attached hydrogen (secondary N) is 1. The Morgan fingerprint density at radius 3 is 2.37 bits per heavy atom. The Balaban J connectivity index is 1.16. The lowest BCUT2D eigenvalue weighted by atomic mass is 10.1. The molecule has 2 amide bonds. The highest BCUT2D eigenvalue weighted by Crippen LogP contribution is 2.39.